The summed E-state index contributed by atoms with van der Waals surface area (Å²) in [5, 5.41) is 22.6. The number of carbonyl (C=O) groups excluding carboxylic acids is 16. The lowest BCUT2D eigenvalue weighted by atomic mass is 9.96. The molecule has 2 aromatic carbocycles. The molecule has 3 rings (SSSR count). The number of imide groups is 1. The largest absolute Gasteiger partial charge is 0.472 e. The van der Waals surface area contributed by atoms with E-state index in [1.807, 2.05) is 0 Å². The Morgan fingerprint density at radius 2 is 1.26 bits per heavy atom. The van der Waals surface area contributed by atoms with Crippen LogP contribution in [-0.2, 0) is 122 Å². The van der Waals surface area contributed by atoms with Crippen molar-refractivity contribution in [1.29, 1.82) is 0 Å². The maximum atomic E-state index is 14.6. The van der Waals surface area contributed by atoms with E-state index in [4.69, 9.17) is 38.5 Å². The number of nitrogens with two attached hydrogens (primary N) is 1. The van der Waals surface area contributed by atoms with Crippen LogP contribution in [0.2, 0.25) is 0 Å². The lowest BCUT2D eigenvalue weighted by Crippen LogP contribution is -2.61. The SMILES string of the molecule is C=C(C(=O)N[C@@H](C)C(=O)N(C)[C@@H](C)C(=O)N[C@H](C(=O)NC)[C@H](OC(=O)[C@@H](NC(=O)CC)[C@H](OP(=O)(O)OCc1ccc(NC(=O)[C@H](CCCNC(N)=O)NC(=O)[C@@H](NC(=O)CCOCCN2C(=O)C=CC2=O)C(C)C)cc1)C(C)C)C(C)C)N(C)C(=O)[C@@H](Cc1ccccc1)OC(=O)[C@@H](NC(C)=O)[C@@H](C)OC(=O)C[C@@H](C)OC. The highest BCUT2D eigenvalue weighted by Crippen LogP contribution is 2.47. The minimum atomic E-state index is -5.23. The highest BCUT2D eigenvalue weighted by Gasteiger charge is 2.45. The second-order valence-electron chi connectivity index (χ2n) is 27.6. The van der Waals surface area contributed by atoms with Crippen LogP contribution in [0.1, 0.15) is 126 Å². The quantitative estimate of drug-likeness (QED) is 0.0109. The topological polar surface area (TPSA) is 519 Å². The van der Waals surface area contributed by atoms with Crippen molar-refractivity contribution in [3.63, 3.8) is 0 Å². The number of nitrogens with zero attached hydrogens (tertiary/aromatic N) is 3. The molecular formula is C74H110N13O25P. The maximum absolute atomic E-state index is 14.6. The van der Waals surface area contributed by atoms with Gasteiger partial charge in [-0.3, -0.25) is 76.3 Å². The molecule has 12 N–H and O–H groups in total. The van der Waals surface area contributed by atoms with E-state index in [9.17, 15) is 86.2 Å². The Labute approximate surface area is 656 Å². The zero-order valence-electron chi connectivity index (χ0n) is 66.6. The van der Waals surface area contributed by atoms with Gasteiger partial charge in [0.1, 0.15) is 54.2 Å². The number of carbonyl (C=O) groups is 16. The minimum absolute atomic E-state index is 0.0223. The number of primary amides is 1. The highest BCUT2D eigenvalue weighted by atomic mass is 31.2. The van der Waals surface area contributed by atoms with Crippen LogP contribution < -0.4 is 53.6 Å². The first-order chi connectivity index (χ1) is 53.0. The van der Waals surface area contributed by atoms with Crippen LogP contribution >= 0.6 is 7.82 Å². The lowest BCUT2D eigenvalue weighted by molar-refractivity contribution is -0.167. The Hall–Kier alpha value is -10.5. The van der Waals surface area contributed by atoms with Crippen molar-refractivity contribution in [1.82, 2.24) is 57.2 Å². The fourth-order valence-electron chi connectivity index (χ4n) is 10.8. The number of amides is 14. The van der Waals surface area contributed by atoms with Crippen molar-refractivity contribution in [3.8, 4) is 0 Å². The number of hydrogen-bond acceptors (Lipinski definition) is 24. The third-order valence-electron chi connectivity index (χ3n) is 17.6. The number of nitrogens with one attached hydrogen (secondary N) is 9. The number of anilines is 1. The molecule has 0 aliphatic carbocycles. The van der Waals surface area contributed by atoms with Crippen molar-refractivity contribution >= 4 is 108 Å². The number of methoxy groups -OCH3 is 1. The van der Waals surface area contributed by atoms with Gasteiger partial charge in [-0.25, -0.2) is 18.9 Å². The molecule has 2 aromatic rings. The van der Waals surface area contributed by atoms with Gasteiger partial charge in [0.05, 0.1) is 38.9 Å². The molecule has 1 aliphatic rings. The van der Waals surface area contributed by atoms with Crippen LogP contribution in [0.5, 0.6) is 0 Å². The summed E-state index contributed by atoms with van der Waals surface area (Å²) in [7, 11) is -0.274. The number of benzene rings is 2. The molecule has 39 heteroatoms. The summed E-state index contributed by atoms with van der Waals surface area (Å²) >= 11 is 0. The first-order valence-corrected chi connectivity index (χ1v) is 38.1. The summed E-state index contributed by atoms with van der Waals surface area (Å²) < 4.78 is 52.5. The van der Waals surface area contributed by atoms with E-state index in [0.29, 0.717) is 5.56 Å². The standard InChI is InChI=1S/C74H110N13O25P/c1-18-54(89)82-62(64(42(6)7)112-113(104,105)108-39-50-26-28-51(29-27-50)80-67(96)52(25-22-33-77-74(75)103)81-69(98)59(40(2)3)83-55(90)32-35-107-36-34-87-56(91)30-31-57(87)92)73(102)111-63(41(4)5)61(68(97)76-14)84-66(95)46(11)85(15)70(99)44(9)78-65(94)45(10)86(16)71(100)53(38-49-23-20-19-21-24-49)110-72(101)60(79-48(13)88)47(12)109-58(93)37-43(8)106-17/h19-21,23-24,26-31,40-44,46-47,52-53,59-64H,10,18,22,25,32-39H2,1-9,11-17H3,(H,76,97)(H,78,94)(H,79,88)(H,80,96)(H,81,98)(H,82,89)(H,83,90)(H,84,95)(H,104,105)(H3,75,77,103)/t43-,44+,46+,47-,52+,53-,59+,60+,61+,62+,63-,64-/m1/s1. The summed E-state index contributed by atoms with van der Waals surface area (Å²) in [6.07, 6.45) is -5.26. The van der Waals surface area contributed by atoms with Crippen LogP contribution in [0.3, 0.4) is 0 Å². The second kappa shape index (κ2) is 47.1. The van der Waals surface area contributed by atoms with Gasteiger partial charge in [0.25, 0.3) is 23.6 Å². The molecule has 13 atom stereocenters. The summed E-state index contributed by atoms with van der Waals surface area (Å²) in [4.78, 5) is 226. The van der Waals surface area contributed by atoms with Crippen molar-refractivity contribution in [2.24, 2.45) is 23.5 Å². The van der Waals surface area contributed by atoms with Gasteiger partial charge in [0.2, 0.25) is 47.3 Å². The van der Waals surface area contributed by atoms with Crippen molar-refractivity contribution in [3.05, 3.63) is 90.2 Å². The summed E-state index contributed by atoms with van der Waals surface area (Å²) in [5.41, 5.74) is 5.61. The monoisotopic (exact) mass is 1610 g/mol. The van der Waals surface area contributed by atoms with Gasteiger partial charge in [-0.1, -0.05) is 97.5 Å². The van der Waals surface area contributed by atoms with Crippen LogP contribution in [0.25, 0.3) is 0 Å². The fourth-order valence-corrected chi connectivity index (χ4v) is 11.8. The Balaban J connectivity index is 1.76. The van der Waals surface area contributed by atoms with E-state index in [1.165, 1.54) is 101 Å². The summed E-state index contributed by atoms with van der Waals surface area (Å²) in [5.74, 6) is -14.7. The molecule has 113 heavy (non-hydrogen) atoms. The van der Waals surface area contributed by atoms with E-state index in [0.717, 1.165) is 40.8 Å². The van der Waals surface area contributed by atoms with E-state index >= 15 is 0 Å². The fraction of sp³-hybridized carbons (Fsp3) is 0.568. The van der Waals surface area contributed by atoms with Gasteiger partial charge in [-0.15, -0.1) is 0 Å². The molecule has 0 aromatic heterocycles. The van der Waals surface area contributed by atoms with Crippen molar-refractivity contribution < 1.29 is 119 Å². The normalized spacial score (nSPS) is 15.6. The summed E-state index contributed by atoms with van der Waals surface area (Å²) in [6, 6.07) is 2.61. The van der Waals surface area contributed by atoms with Crippen molar-refractivity contribution in [2.45, 2.75) is 201 Å². The van der Waals surface area contributed by atoms with Crippen LogP contribution in [0, 0.1) is 17.8 Å². The number of ether oxygens (including phenoxy) is 5. The van der Waals surface area contributed by atoms with Gasteiger partial charge in [-0.2, -0.15) is 0 Å². The van der Waals surface area contributed by atoms with Gasteiger partial charge in [-0.05, 0) is 81.5 Å². The first kappa shape index (κ1) is 96.7. The van der Waals surface area contributed by atoms with Crippen molar-refractivity contribution in [2.75, 3.05) is 59.9 Å². The number of urea groups is 1. The molecular weight excluding hydrogens is 1500 g/mol. The Morgan fingerprint density at radius 3 is 1.81 bits per heavy atom. The van der Waals surface area contributed by atoms with E-state index < -0.39 is 206 Å². The Bertz CT molecular complexity index is 3750. The molecule has 0 bridgehead atoms. The molecule has 1 aliphatic heterocycles. The zero-order chi connectivity index (χ0) is 85.3. The van der Waals surface area contributed by atoms with E-state index in [1.54, 1.807) is 51.1 Å². The van der Waals surface area contributed by atoms with Gasteiger partial charge in [0.15, 0.2) is 18.2 Å². The van der Waals surface area contributed by atoms with E-state index in [2.05, 4.69) is 54.4 Å². The molecule has 0 spiro atoms. The van der Waals surface area contributed by atoms with E-state index in [-0.39, 0.29) is 76.1 Å². The summed E-state index contributed by atoms with van der Waals surface area (Å²) in [6.45, 7) is 20.4. The van der Waals surface area contributed by atoms with Gasteiger partial charge in [0, 0.05) is 78.8 Å². The number of phosphoric acid groups is 1. The van der Waals surface area contributed by atoms with Crippen LogP contribution in [0.15, 0.2) is 79.0 Å². The minimum Gasteiger partial charge on any atom is -0.460 e. The predicted octanol–water partition coefficient (Wildman–Crippen LogP) is 0.722. The smallest absolute Gasteiger partial charge is 0.460 e. The predicted molar refractivity (Wildman–Crippen MR) is 405 cm³/mol. The number of esters is 3. The third kappa shape index (κ3) is 32.2. The average molecular weight is 1610 g/mol. The molecule has 0 fully saturated rings. The van der Waals surface area contributed by atoms with Crippen LogP contribution in [-0.4, -0.2) is 242 Å². The zero-order valence-corrected chi connectivity index (χ0v) is 67.5. The molecule has 1 unspecified atom stereocenters. The Morgan fingerprint density at radius 1 is 0.655 bits per heavy atom. The number of hydrogen-bond donors (Lipinski definition) is 11. The van der Waals surface area contributed by atoms with Crippen LogP contribution in [0.4, 0.5) is 10.5 Å². The Kier molecular flexibility index (Phi) is 40.3. The molecule has 38 nitrogen and oxygen atoms in total. The molecule has 14 amide bonds. The number of rotatable bonds is 48. The van der Waals surface area contributed by atoms with Gasteiger partial charge < -0.3 is 92.0 Å². The molecule has 0 saturated heterocycles. The molecule has 0 saturated carbocycles. The highest BCUT2D eigenvalue weighted by molar-refractivity contribution is 7.47. The number of phosphoric ester groups is 1. The molecule has 0 radical (unpaired) electrons. The third-order valence-corrected chi connectivity index (χ3v) is 18.6. The average Bonchev–Trinajstić information content (AvgIpc) is 1.66. The number of likely N-dealkylation sites (N-methyl/N-ethyl adjacent to an activating group) is 3. The van der Waals surface area contributed by atoms with Gasteiger partial charge >= 0.3 is 31.8 Å². The second-order valence-corrected chi connectivity index (χ2v) is 29.0. The molecule has 1 heterocycles. The maximum Gasteiger partial charge on any atom is 0.472 e. The molecule has 626 valence electrons. The lowest BCUT2D eigenvalue weighted by Gasteiger charge is -2.35. The first-order valence-electron chi connectivity index (χ1n) is 36.6.